The monoisotopic (exact) mass is 276 g/mol. The Morgan fingerprint density at radius 3 is 2.60 bits per heavy atom. The van der Waals surface area contributed by atoms with Gasteiger partial charge < -0.3 is 10.5 Å². The van der Waals surface area contributed by atoms with Gasteiger partial charge in [0.2, 0.25) is 0 Å². The van der Waals surface area contributed by atoms with E-state index in [1.165, 1.54) is 24.3 Å². The third-order valence-corrected chi connectivity index (χ3v) is 2.81. The Labute approximate surface area is 115 Å². The van der Waals surface area contributed by atoms with Crippen molar-refractivity contribution in [2.75, 3.05) is 0 Å². The molecular formula is C15H14F2N2O. The third kappa shape index (κ3) is 3.32. The molecule has 2 aromatic rings. The average Bonchev–Trinajstić information content (AvgIpc) is 2.39. The molecule has 0 heterocycles. The number of benzene rings is 2. The molecule has 104 valence electrons. The van der Waals surface area contributed by atoms with E-state index in [0.717, 1.165) is 5.56 Å². The van der Waals surface area contributed by atoms with Crippen molar-refractivity contribution >= 4 is 5.84 Å². The van der Waals surface area contributed by atoms with E-state index in [9.17, 15) is 8.78 Å². The fourth-order valence-corrected chi connectivity index (χ4v) is 1.78. The first kappa shape index (κ1) is 14.0. The zero-order chi connectivity index (χ0) is 14.7. The van der Waals surface area contributed by atoms with E-state index in [2.05, 4.69) is 0 Å². The SMILES string of the molecule is Cc1ccc(F)cc1OCc1cc(F)cc(C(=N)N)c1. The second kappa shape index (κ2) is 5.69. The number of hydrogen-bond acceptors (Lipinski definition) is 2. The second-order valence-electron chi connectivity index (χ2n) is 4.46. The Morgan fingerprint density at radius 2 is 1.90 bits per heavy atom. The van der Waals surface area contributed by atoms with Gasteiger partial charge in [-0.1, -0.05) is 6.07 Å². The van der Waals surface area contributed by atoms with Crippen LogP contribution in [0.15, 0.2) is 36.4 Å². The highest BCUT2D eigenvalue weighted by molar-refractivity contribution is 5.95. The highest BCUT2D eigenvalue weighted by Gasteiger charge is 2.06. The fraction of sp³-hybridized carbons (Fsp3) is 0.133. The Hall–Kier alpha value is -2.43. The normalized spacial score (nSPS) is 10.3. The van der Waals surface area contributed by atoms with Crippen molar-refractivity contribution in [1.82, 2.24) is 0 Å². The lowest BCUT2D eigenvalue weighted by Gasteiger charge is -2.10. The molecular weight excluding hydrogens is 262 g/mol. The van der Waals surface area contributed by atoms with Gasteiger partial charge >= 0.3 is 0 Å². The molecule has 3 nitrogen and oxygen atoms in total. The zero-order valence-electron chi connectivity index (χ0n) is 10.9. The molecule has 0 aromatic heterocycles. The van der Waals surface area contributed by atoms with Crippen LogP contribution in [0.25, 0.3) is 0 Å². The smallest absolute Gasteiger partial charge is 0.126 e. The zero-order valence-corrected chi connectivity index (χ0v) is 10.9. The highest BCUT2D eigenvalue weighted by Crippen LogP contribution is 2.20. The molecule has 0 unspecified atom stereocenters. The van der Waals surface area contributed by atoms with Gasteiger partial charge in [-0.05, 0) is 42.3 Å². The van der Waals surface area contributed by atoms with Gasteiger partial charge in [-0.25, -0.2) is 8.78 Å². The quantitative estimate of drug-likeness (QED) is 0.665. The number of nitrogens with two attached hydrogens (primary N) is 1. The number of rotatable bonds is 4. The first-order chi connectivity index (χ1) is 9.45. The van der Waals surface area contributed by atoms with Gasteiger partial charge in [0.15, 0.2) is 0 Å². The molecule has 0 saturated carbocycles. The molecule has 2 rings (SSSR count). The van der Waals surface area contributed by atoms with Gasteiger partial charge in [-0.2, -0.15) is 0 Å². The first-order valence-electron chi connectivity index (χ1n) is 5.98. The Balaban J connectivity index is 2.18. The van der Waals surface area contributed by atoms with Crippen molar-refractivity contribution in [2.24, 2.45) is 5.73 Å². The summed E-state index contributed by atoms with van der Waals surface area (Å²) in [5, 5.41) is 7.31. The molecule has 0 aliphatic carbocycles. The van der Waals surface area contributed by atoms with Crippen LogP contribution in [-0.2, 0) is 6.61 Å². The molecule has 0 bridgehead atoms. The summed E-state index contributed by atoms with van der Waals surface area (Å²) < 4.78 is 32.0. The lowest BCUT2D eigenvalue weighted by Crippen LogP contribution is -2.12. The predicted molar refractivity (Wildman–Crippen MR) is 72.9 cm³/mol. The first-order valence-corrected chi connectivity index (χ1v) is 5.98. The summed E-state index contributed by atoms with van der Waals surface area (Å²) in [6.07, 6.45) is 0. The maximum atomic E-state index is 13.4. The topological polar surface area (TPSA) is 59.1 Å². The van der Waals surface area contributed by atoms with E-state index in [4.69, 9.17) is 15.9 Å². The molecule has 20 heavy (non-hydrogen) atoms. The van der Waals surface area contributed by atoms with Crippen LogP contribution >= 0.6 is 0 Å². The number of aryl methyl sites for hydroxylation is 1. The maximum Gasteiger partial charge on any atom is 0.126 e. The number of hydrogen-bond donors (Lipinski definition) is 2. The van der Waals surface area contributed by atoms with Gasteiger partial charge in [-0.3, -0.25) is 5.41 Å². The standard InChI is InChI=1S/C15H14F2N2O/c1-9-2-3-12(16)7-14(9)20-8-10-4-11(15(18)19)6-13(17)5-10/h2-7H,8H2,1H3,(H3,18,19). The maximum absolute atomic E-state index is 13.4. The predicted octanol–water partition coefficient (Wildman–Crippen LogP) is 3.14. The van der Waals surface area contributed by atoms with Crippen LogP contribution in [0, 0.1) is 24.0 Å². The van der Waals surface area contributed by atoms with Crippen LogP contribution < -0.4 is 10.5 Å². The summed E-state index contributed by atoms with van der Waals surface area (Å²) in [6.45, 7) is 1.86. The van der Waals surface area contributed by atoms with Gasteiger partial charge in [0.1, 0.15) is 29.8 Å². The molecule has 0 radical (unpaired) electrons. The van der Waals surface area contributed by atoms with Crippen molar-refractivity contribution in [3.05, 3.63) is 64.7 Å². The number of nitrogens with one attached hydrogen (secondary N) is 1. The molecule has 0 atom stereocenters. The molecule has 0 aliphatic heterocycles. The van der Waals surface area contributed by atoms with E-state index >= 15 is 0 Å². The van der Waals surface area contributed by atoms with Crippen LogP contribution in [0.5, 0.6) is 5.75 Å². The van der Waals surface area contributed by atoms with Crippen molar-refractivity contribution in [3.63, 3.8) is 0 Å². The van der Waals surface area contributed by atoms with Crippen LogP contribution in [0.4, 0.5) is 8.78 Å². The van der Waals surface area contributed by atoms with Crippen molar-refractivity contribution < 1.29 is 13.5 Å². The van der Waals surface area contributed by atoms with Gasteiger partial charge in [0, 0.05) is 11.6 Å². The van der Waals surface area contributed by atoms with Crippen LogP contribution in [-0.4, -0.2) is 5.84 Å². The van der Waals surface area contributed by atoms with E-state index < -0.39 is 11.6 Å². The molecule has 0 amide bonds. The molecule has 0 saturated heterocycles. The minimum atomic E-state index is -0.493. The van der Waals surface area contributed by atoms with Crippen LogP contribution in [0.3, 0.4) is 0 Å². The summed E-state index contributed by atoms with van der Waals surface area (Å²) >= 11 is 0. The van der Waals surface area contributed by atoms with Crippen LogP contribution in [0.2, 0.25) is 0 Å². The third-order valence-electron chi connectivity index (χ3n) is 2.81. The van der Waals surface area contributed by atoms with Crippen molar-refractivity contribution in [3.8, 4) is 5.75 Å². The van der Waals surface area contributed by atoms with Gasteiger partial charge in [0.25, 0.3) is 0 Å². The molecule has 5 heteroatoms. The molecule has 2 aromatic carbocycles. The van der Waals surface area contributed by atoms with Gasteiger partial charge in [0.05, 0.1) is 0 Å². The molecule has 0 fully saturated rings. The summed E-state index contributed by atoms with van der Waals surface area (Å²) in [4.78, 5) is 0. The second-order valence-corrected chi connectivity index (χ2v) is 4.46. The Morgan fingerprint density at radius 1 is 1.15 bits per heavy atom. The number of halogens is 2. The van der Waals surface area contributed by atoms with Crippen molar-refractivity contribution in [1.29, 1.82) is 5.41 Å². The molecule has 0 spiro atoms. The van der Waals surface area contributed by atoms with E-state index in [-0.39, 0.29) is 12.4 Å². The number of nitrogen functional groups attached to an aromatic ring is 1. The Bertz CT molecular complexity index is 656. The van der Waals surface area contributed by atoms with E-state index in [1.807, 2.05) is 0 Å². The summed E-state index contributed by atoms with van der Waals surface area (Å²) in [7, 11) is 0. The molecule has 3 N–H and O–H groups in total. The summed E-state index contributed by atoms with van der Waals surface area (Å²) in [5.74, 6) is -0.701. The van der Waals surface area contributed by atoms with E-state index in [1.54, 1.807) is 19.1 Å². The Kier molecular flexibility index (Phi) is 3.98. The fourth-order valence-electron chi connectivity index (χ4n) is 1.78. The minimum absolute atomic E-state index is 0.0718. The number of ether oxygens (including phenoxy) is 1. The summed E-state index contributed by atoms with van der Waals surface area (Å²) in [5.41, 5.74) is 6.93. The summed E-state index contributed by atoms with van der Waals surface area (Å²) in [6, 6.07) is 8.27. The number of amidine groups is 1. The lowest BCUT2D eigenvalue weighted by atomic mass is 10.1. The lowest BCUT2D eigenvalue weighted by molar-refractivity contribution is 0.302. The largest absolute Gasteiger partial charge is 0.489 e. The highest BCUT2D eigenvalue weighted by atomic mass is 19.1. The van der Waals surface area contributed by atoms with E-state index in [0.29, 0.717) is 16.9 Å². The minimum Gasteiger partial charge on any atom is -0.489 e. The van der Waals surface area contributed by atoms with Gasteiger partial charge in [-0.15, -0.1) is 0 Å². The molecule has 0 aliphatic rings. The average molecular weight is 276 g/mol. The van der Waals surface area contributed by atoms with Crippen LogP contribution in [0.1, 0.15) is 16.7 Å². The van der Waals surface area contributed by atoms with Crippen molar-refractivity contribution in [2.45, 2.75) is 13.5 Å².